The smallest absolute Gasteiger partial charge is 0.233 e. The maximum atomic E-state index is 13.2. The van der Waals surface area contributed by atoms with Gasteiger partial charge in [-0.05, 0) is 35.6 Å². The van der Waals surface area contributed by atoms with Gasteiger partial charge < -0.3 is 10.4 Å². The van der Waals surface area contributed by atoms with Gasteiger partial charge in [-0.15, -0.1) is 11.3 Å². The number of rotatable bonds is 4. The van der Waals surface area contributed by atoms with E-state index in [9.17, 15) is 9.90 Å². The largest absolute Gasteiger partial charge is 0.392 e. The quantitative estimate of drug-likeness (QED) is 0.736. The molecular formula is C21H20N2O2S. The van der Waals surface area contributed by atoms with E-state index in [0.717, 1.165) is 22.3 Å². The van der Waals surface area contributed by atoms with E-state index in [1.54, 1.807) is 6.20 Å². The van der Waals surface area contributed by atoms with Gasteiger partial charge in [0, 0.05) is 17.5 Å². The van der Waals surface area contributed by atoms with Gasteiger partial charge in [-0.25, -0.2) is 4.98 Å². The van der Waals surface area contributed by atoms with E-state index < -0.39 is 5.41 Å². The number of nitrogens with one attached hydrogen (secondary N) is 1. The lowest BCUT2D eigenvalue weighted by molar-refractivity contribution is -0.125. The highest BCUT2D eigenvalue weighted by Crippen LogP contribution is 2.51. The van der Waals surface area contributed by atoms with Gasteiger partial charge in [0.05, 0.1) is 12.0 Å². The molecule has 3 aromatic rings. The van der Waals surface area contributed by atoms with Crippen LogP contribution >= 0.6 is 11.3 Å². The average Bonchev–Trinajstić information content (AvgIpc) is 3.27. The number of carbonyl (C=O) groups is 1. The second-order valence-corrected chi connectivity index (χ2v) is 7.82. The molecule has 4 nitrogen and oxygen atoms in total. The molecule has 4 rings (SSSR count). The fraction of sp³-hybridized carbons (Fsp3) is 0.238. The second-order valence-electron chi connectivity index (χ2n) is 6.92. The Morgan fingerprint density at radius 3 is 2.81 bits per heavy atom. The first-order valence-electron chi connectivity index (χ1n) is 8.60. The fourth-order valence-corrected chi connectivity index (χ4v) is 4.47. The van der Waals surface area contributed by atoms with Crippen molar-refractivity contribution in [3.63, 3.8) is 0 Å². The Bertz CT molecular complexity index is 924. The highest BCUT2D eigenvalue weighted by atomic mass is 32.1. The maximum absolute atomic E-state index is 13.2. The third kappa shape index (κ3) is 2.83. The van der Waals surface area contributed by atoms with Crippen molar-refractivity contribution in [1.29, 1.82) is 0 Å². The third-order valence-electron chi connectivity index (χ3n) is 5.20. The van der Waals surface area contributed by atoms with Crippen LogP contribution in [-0.4, -0.2) is 16.0 Å². The molecule has 0 spiro atoms. The molecule has 1 amide bonds. The number of anilines is 1. The highest BCUT2D eigenvalue weighted by molar-refractivity contribution is 7.13. The molecule has 132 valence electrons. The van der Waals surface area contributed by atoms with E-state index >= 15 is 0 Å². The summed E-state index contributed by atoms with van der Waals surface area (Å²) in [5.74, 6) is -0.0896. The number of amides is 1. The van der Waals surface area contributed by atoms with Gasteiger partial charge in [-0.1, -0.05) is 48.5 Å². The van der Waals surface area contributed by atoms with E-state index in [1.807, 2.05) is 48.7 Å². The number of hydrogen-bond donors (Lipinski definition) is 2. The summed E-state index contributed by atoms with van der Waals surface area (Å²) in [6.45, 7) is 2.02. The minimum Gasteiger partial charge on any atom is -0.392 e. The first kappa shape index (κ1) is 16.9. The minimum atomic E-state index is -0.622. The Labute approximate surface area is 156 Å². The molecule has 1 aliphatic rings. The molecule has 0 fully saturated rings. The van der Waals surface area contributed by atoms with Crippen molar-refractivity contribution in [2.24, 2.45) is 5.41 Å². The van der Waals surface area contributed by atoms with E-state index in [-0.39, 0.29) is 18.4 Å². The summed E-state index contributed by atoms with van der Waals surface area (Å²) < 4.78 is 0. The first-order valence-corrected chi connectivity index (χ1v) is 9.48. The third-order valence-corrected chi connectivity index (χ3v) is 5.89. The maximum Gasteiger partial charge on any atom is 0.233 e. The van der Waals surface area contributed by atoms with E-state index in [2.05, 4.69) is 22.4 Å². The number of thiazole rings is 1. The van der Waals surface area contributed by atoms with Crippen molar-refractivity contribution in [2.75, 3.05) is 5.32 Å². The second kappa shape index (κ2) is 6.67. The number of hydrogen-bond acceptors (Lipinski definition) is 4. The number of benzene rings is 2. The Hall–Kier alpha value is -2.50. The van der Waals surface area contributed by atoms with Crippen molar-refractivity contribution in [3.05, 3.63) is 82.4 Å². The predicted octanol–water partition coefficient (Wildman–Crippen LogP) is 3.97. The molecule has 0 radical (unpaired) electrons. The lowest BCUT2D eigenvalue weighted by Gasteiger charge is -2.31. The van der Waals surface area contributed by atoms with Crippen LogP contribution in [0.25, 0.3) is 0 Å². The van der Waals surface area contributed by atoms with Gasteiger partial charge in [-0.2, -0.15) is 0 Å². The van der Waals surface area contributed by atoms with Crippen molar-refractivity contribution < 1.29 is 9.90 Å². The summed E-state index contributed by atoms with van der Waals surface area (Å²) in [6.07, 6.45) is 2.35. The summed E-state index contributed by atoms with van der Waals surface area (Å²) in [7, 11) is 0. The molecule has 0 bridgehead atoms. The molecule has 0 saturated heterocycles. The van der Waals surface area contributed by atoms with Gasteiger partial charge in [0.15, 0.2) is 5.13 Å². The van der Waals surface area contributed by atoms with Crippen LogP contribution in [0.15, 0.2) is 60.1 Å². The molecule has 2 N–H and O–H groups in total. The van der Waals surface area contributed by atoms with Gasteiger partial charge >= 0.3 is 0 Å². The zero-order valence-corrected chi connectivity index (χ0v) is 15.3. The van der Waals surface area contributed by atoms with Crippen molar-refractivity contribution >= 4 is 22.4 Å². The normalized spacial score (nSPS) is 21.4. The van der Waals surface area contributed by atoms with Crippen LogP contribution in [0.4, 0.5) is 5.13 Å². The topological polar surface area (TPSA) is 62.2 Å². The fourth-order valence-electron chi connectivity index (χ4n) is 3.94. The lowest BCUT2D eigenvalue weighted by Crippen LogP contribution is -2.37. The van der Waals surface area contributed by atoms with Crippen LogP contribution < -0.4 is 5.32 Å². The van der Waals surface area contributed by atoms with Crippen molar-refractivity contribution in [2.45, 2.75) is 25.9 Å². The zero-order chi connectivity index (χ0) is 18.1. The number of fused-ring (bicyclic) bond motifs is 1. The molecule has 0 saturated carbocycles. The number of nitrogens with zero attached hydrogens (tertiary/aromatic N) is 1. The van der Waals surface area contributed by atoms with Crippen LogP contribution in [0.2, 0.25) is 0 Å². The summed E-state index contributed by atoms with van der Waals surface area (Å²) >= 11 is 1.42. The van der Waals surface area contributed by atoms with Gasteiger partial charge in [0.2, 0.25) is 5.91 Å². The molecule has 2 aromatic carbocycles. The van der Waals surface area contributed by atoms with Crippen LogP contribution in [0.5, 0.6) is 0 Å². The summed E-state index contributed by atoms with van der Waals surface area (Å²) in [5.41, 5.74) is 3.64. The molecule has 1 aliphatic carbocycles. The standard InChI is InChI=1S/C21H20N2O2S/c1-21(19(25)23-20-22-9-10-26-20)12-16-8-7-14(13-24)11-17(16)18(21)15-5-3-2-4-6-15/h2-11,18,24H,12-13H2,1H3,(H,22,23,25). The van der Waals surface area contributed by atoms with Gasteiger partial charge in [0.25, 0.3) is 0 Å². The monoisotopic (exact) mass is 364 g/mol. The summed E-state index contributed by atoms with van der Waals surface area (Å²) in [6, 6.07) is 16.1. The average molecular weight is 364 g/mol. The Morgan fingerprint density at radius 1 is 1.31 bits per heavy atom. The van der Waals surface area contributed by atoms with E-state index in [0.29, 0.717) is 11.6 Å². The molecule has 2 atom stereocenters. The predicted molar refractivity (Wildman–Crippen MR) is 103 cm³/mol. The number of aromatic nitrogens is 1. The van der Waals surface area contributed by atoms with Gasteiger partial charge in [-0.3, -0.25) is 4.79 Å². The molecule has 0 aliphatic heterocycles. The Morgan fingerprint density at radius 2 is 2.12 bits per heavy atom. The number of carbonyl (C=O) groups excluding carboxylic acids is 1. The molecule has 26 heavy (non-hydrogen) atoms. The van der Waals surface area contributed by atoms with Crippen molar-refractivity contribution in [3.8, 4) is 0 Å². The number of aliphatic hydroxyl groups is 1. The van der Waals surface area contributed by atoms with Crippen molar-refractivity contribution in [1.82, 2.24) is 4.98 Å². The molecule has 1 heterocycles. The first-order chi connectivity index (χ1) is 12.6. The summed E-state index contributed by atoms with van der Waals surface area (Å²) in [4.78, 5) is 17.4. The Kier molecular flexibility index (Phi) is 4.34. The van der Waals surface area contributed by atoms with E-state index in [4.69, 9.17) is 0 Å². The highest BCUT2D eigenvalue weighted by Gasteiger charge is 2.48. The van der Waals surface area contributed by atoms with Crippen LogP contribution in [0.3, 0.4) is 0 Å². The Balaban J connectivity index is 1.79. The molecule has 1 aromatic heterocycles. The van der Waals surface area contributed by atoms with Gasteiger partial charge in [0.1, 0.15) is 0 Å². The zero-order valence-electron chi connectivity index (χ0n) is 14.5. The van der Waals surface area contributed by atoms with Crippen LogP contribution in [0.1, 0.15) is 35.1 Å². The SMILES string of the molecule is CC1(C(=O)Nc2nccs2)Cc2ccc(CO)cc2C1c1ccccc1. The van der Waals surface area contributed by atoms with E-state index in [1.165, 1.54) is 11.3 Å². The summed E-state index contributed by atoms with van der Waals surface area (Å²) in [5, 5.41) is 15.0. The molecular weight excluding hydrogens is 344 g/mol. The van der Waals surface area contributed by atoms with Crippen LogP contribution in [0, 0.1) is 5.41 Å². The minimum absolute atomic E-state index is 0.00316. The van der Waals surface area contributed by atoms with Crippen LogP contribution in [-0.2, 0) is 17.8 Å². The molecule has 5 heteroatoms. The number of aliphatic hydroxyl groups excluding tert-OH is 1. The molecule has 2 unspecified atom stereocenters. The lowest BCUT2D eigenvalue weighted by atomic mass is 9.73.